The van der Waals surface area contributed by atoms with Crippen molar-refractivity contribution in [1.29, 1.82) is 0 Å². The molecule has 2 saturated heterocycles. The second-order valence-electron chi connectivity index (χ2n) is 17.1. The van der Waals surface area contributed by atoms with Crippen LogP contribution in [0.4, 0.5) is 17.6 Å². The van der Waals surface area contributed by atoms with Crippen LogP contribution in [0.2, 0.25) is 0 Å². The zero-order valence-corrected chi connectivity index (χ0v) is 37.2. The molecule has 2 aliphatic rings. The monoisotopic (exact) mass is 932 g/mol. The van der Waals surface area contributed by atoms with Gasteiger partial charge in [-0.15, -0.1) is 0 Å². The lowest BCUT2D eigenvalue weighted by atomic mass is 9.94. The fraction of sp³-hybridized carbons (Fsp3) is 0.308. The summed E-state index contributed by atoms with van der Waals surface area (Å²) in [7, 11) is 0. The van der Waals surface area contributed by atoms with Crippen molar-refractivity contribution in [3.8, 4) is 0 Å². The second-order valence-corrected chi connectivity index (χ2v) is 17.1. The Morgan fingerprint density at radius 2 is 0.559 bits per heavy atom. The molecule has 0 aliphatic carbocycles. The van der Waals surface area contributed by atoms with E-state index in [0.29, 0.717) is 25.7 Å². The first kappa shape index (κ1) is 48.6. The number of nitrogens with zero attached hydrogens (tertiary/aromatic N) is 2. The normalized spacial score (nSPS) is 17.6. The molecule has 4 N–H and O–H groups in total. The zero-order chi connectivity index (χ0) is 48.2. The third-order valence-electron chi connectivity index (χ3n) is 12.4. The lowest BCUT2D eigenvalue weighted by molar-refractivity contribution is -0.132. The van der Waals surface area contributed by atoms with Crippen LogP contribution >= 0.6 is 0 Å². The Bertz CT molecular complexity index is 2240. The molecule has 5 aromatic rings. The van der Waals surface area contributed by atoms with Crippen molar-refractivity contribution in [2.45, 2.75) is 25.7 Å². The molecule has 5 aromatic carbocycles. The van der Waals surface area contributed by atoms with Gasteiger partial charge in [0.25, 0.3) is 11.8 Å². The minimum atomic E-state index is -0.893. The minimum absolute atomic E-state index is 0.0631. The summed E-state index contributed by atoms with van der Waals surface area (Å²) < 4.78 is 53.7. The Labute approximate surface area is 391 Å². The van der Waals surface area contributed by atoms with Gasteiger partial charge < -0.3 is 31.1 Å². The molecule has 354 valence electrons. The molecular formula is C52H52F4N6O6. The summed E-state index contributed by atoms with van der Waals surface area (Å²) in [4.78, 5) is 85.3. The van der Waals surface area contributed by atoms with E-state index in [-0.39, 0.29) is 86.8 Å². The van der Waals surface area contributed by atoms with Gasteiger partial charge in [0.05, 0.1) is 23.7 Å². The molecular weight excluding hydrogens is 881 g/mol. The van der Waals surface area contributed by atoms with Crippen molar-refractivity contribution in [3.63, 3.8) is 0 Å². The van der Waals surface area contributed by atoms with Gasteiger partial charge in [-0.05, 0) is 121 Å². The van der Waals surface area contributed by atoms with E-state index in [1.165, 1.54) is 82.6 Å². The smallest absolute Gasteiger partial charge is 0.253 e. The number of nitrogens with one attached hydrogen (secondary N) is 4. The second kappa shape index (κ2) is 22.9. The molecule has 0 unspecified atom stereocenters. The average molecular weight is 933 g/mol. The summed E-state index contributed by atoms with van der Waals surface area (Å²) in [6.45, 7) is 0.606. The van der Waals surface area contributed by atoms with E-state index in [1.807, 2.05) is 0 Å². The fourth-order valence-electron chi connectivity index (χ4n) is 8.57. The van der Waals surface area contributed by atoms with E-state index >= 15 is 0 Å². The number of benzene rings is 5. The molecule has 2 fully saturated rings. The maximum Gasteiger partial charge on any atom is 0.253 e. The van der Waals surface area contributed by atoms with E-state index < -0.39 is 59.1 Å². The molecule has 68 heavy (non-hydrogen) atoms. The number of rotatable bonds is 18. The van der Waals surface area contributed by atoms with E-state index in [1.54, 1.807) is 48.5 Å². The highest BCUT2D eigenvalue weighted by Gasteiger charge is 2.45. The average Bonchev–Trinajstić information content (AvgIpc) is 4.01. The van der Waals surface area contributed by atoms with Gasteiger partial charge in [-0.25, -0.2) is 17.6 Å². The quantitative estimate of drug-likeness (QED) is 0.0902. The summed E-state index contributed by atoms with van der Waals surface area (Å²) in [6, 6.07) is 29.4. The van der Waals surface area contributed by atoms with Gasteiger partial charge in [0.2, 0.25) is 23.6 Å². The van der Waals surface area contributed by atoms with Crippen LogP contribution in [0.5, 0.6) is 0 Å². The molecule has 2 heterocycles. The van der Waals surface area contributed by atoms with E-state index in [0.717, 1.165) is 22.3 Å². The van der Waals surface area contributed by atoms with Crippen molar-refractivity contribution in [3.05, 3.63) is 178 Å². The maximum absolute atomic E-state index is 14.0. The van der Waals surface area contributed by atoms with Crippen LogP contribution in [-0.4, -0.2) is 97.6 Å². The molecule has 2 aliphatic heterocycles. The van der Waals surface area contributed by atoms with Crippen molar-refractivity contribution in [1.82, 2.24) is 31.1 Å². The molecule has 6 amide bonds. The first-order chi connectivity index (χ1) is 32.8. The Morgan fingerprint density at radius 1 is 0.353 bits per heavy atom. The van der Waals surface area contributed by atoms with Gasteiger partial charge >= 0.3 is 0 Å². The predicted molar refractivity (Wildman–Crippen MR) is 245 cm³/mol. The minimum Gasteiger partial charge on any atom is -0.355 e. The molecule has 7 rings (SSSR count). The number of carbonyl (C=O) groups excluding carboxylic acids is 6. The van der Waals surface area contributed by atoms with Crippen molar-refractivity contribution < 1.29 is 46.3 Å². The first-order valence-electron chi connectivity index (χ1n) is 22.6. The standard InChI is InChI=1S/C52H52F4N6O6/c53-39-13-1-33(2-14-39)21-25-57-47(63)43-29-61(30-44(43)48(64)58-26-22-34-3-15-40(54)16-4-34)51(67)37-9-11-38(12-10-37)52(68)62-31-45(49(65)59-27-23-35-5-17-41(55)18-6-35)46(32-62)50(66)60-28-24-36-7-19-42(56)20-8-36/h1-20,43-46H,21-32H2,(H,57,63)(H,58,64)(H,59,65)(H,60,66)/t43-,44-,45-,46-/m0/s1. The Balaban J connectivity index is 0.992. The Kier molecular flexibility index (Phi) is 16.4. The van der Waals surface area contributed by atoms with Crippen molar-refractivity contribution >= 4 is 35.4 Å². The number of halogens is 4. The molecule has 0 radical (unpaired) electrons. The number of hydrogen-bond donors (Lipinski definition) is 4. The highest BCUT2D eigenvalue weighted by Crippen LogP contribution is 2.28. The molecule has 0 aromatic heterocycles. The Hall–Kier alpha value is -7.36. The summed E-state index contributed by atoms with van der Waals surface area (Å²) in [6.07, 6.45) is 1.66. The van der Waals surface area contributed by atoms with Crippen molar-refractivity contribution in [2.75, 3.05) is 52.4 Å². The van der Waals surface area contributed by atoms with E-state index in [4.69, 9.17) is 0 Å². The first-order valence-corrected chi connectivity index (χ1v) is 22.6. The number of carbonyl (C=O) groups is 6. The van der Waals surface area contributed by atoms with Crippen LogP contribution in [0.1, 0.15) is 43.0 Å². The number of amides is 6. The van der Waals surface area contributed by atoms with Crippen LogP contribution in [-0.2, 0) is 44.9 Å². The fourth-order valence-corrected chi connectivity index (χ4v) is 8.57. The summed E-state index contributed by atoms with van der Waals surface area (Å²) >= 11 is 0. The Morgan fingerprint density at radius 3 is 0.765 bits per heavy atom. The van der Waals surface area contributed by atoms with Gasteiger partial charge in [-0.2, -0.15) is 0 Å². The molecule has 4 atom stereocenters. The van der Waals surface area contributed by atoms with Crippen LogP contribution in [0, 0.1) is 46.9 Å². The predicted octanol–water partition coefficient (Wildman–Crippen LogP) is 5.06. The lowest BCUT2D eigenvalue weighted by Gasteiger charge is -2.18. The van der Waals surface area contributed by atoms with Gasteiger partial charge in [-0.1, -0.05) is 48.5 Å². The highest BCUT2D eigenvalue weighted by atomic mass is 19.1. The summed E-state index contributed by atoms with van der Waals surface area (Å²) in [5, 5.41) is 11.4. The number of hydrogen-bond acceptors (Lipinski definition) is 6. The molecule has 0 spiro atoms. The topological polar surface area (TPSA) is 157 Å². The van der Waals surface area contributed by atoms with E-state index in [2.05, 4.69) is 21.3 Å². The lowest BCUT2D eigenvalue weighted by Crippen LogP contribution is -2.42. The van der Waals surface area contributed by atoms with Gasteiger partial charge in [-0.3, -0.25) is 28.8 Å². The van der Waals surface area contributed by atoms with Gasteiger partial charge in [0, 0.05) is 63.5 Å². The summed E-state index contributed by atoms with van der Waals surface area (Å²) in [5.41, 5.74) is 3.62. The third kappa shape index (κ3) is 13.0. The molecule has 0 bridgehead atoms. The third-order valence-corrected chi connectivity index (χ3v) is 12.4. The highest BCUT2D eigenvalue weighted by molar-refractivity contribution is 6.00. The summed E-state index contributed by atoms with van der Waals surface area (Å²) in [5.74, 6) is -7.72. The number of likely N-dealkylation sites (tertiary alicyclic amines) is 2. The zero-order valence-electron chi connectivity index (χ0n) is 37.2. The van der Waals surface area contributed by atoms with Gasteiger partial charge in [0.1, 0.15) is 23.3 Å². The SMILES string of the molecule is O=C(NCCc1ccc(F)cc1)[C@H]1CN(C(=O)c2ccc(C(=O)N3C[C@H](C(=O)NCCc4ccc(F)cc4)[C@@H](C(=O)NCCc4ccc(F)cc4)C3)cc2)C[C@@H]1C(=O)NCCc1ccc(F)cc1. The van der Waals surface area contributed by atoms with Crippen LogP contribution in [0.25, 0.3) is 0 Å². The largest absolute Gasteiger partial charge is 0.355 e. The van der Waals surface area contributed by atoms with Crippen LogP contribution < -0.4 is 21.3 Å². The molecule has 0 saturated carbocycles. The van der Waals surface area contributed by atoms with E-state index in [9.17, 15) is 46.3 Å². The van der Waals surface area contributed by atoms with Crippen LogP contribution in [0.3, 0.4) is 0 Å². The maximum atomic E-state index is 14.0. The van der Waals surface area contributed by atoms with Crippen LogP contribution in [0.15, 0.2) is 121 Å². The van der Waals surface area contributed by atoms with Gasteiger partial charge in [0.15, 0.2) is 0 Å². The van der Waals surface area contributed by atoms with Crippen molar-refractivity contribution in [2.24, 2.45) is 23.7 Å². The molecule has 16 heteroatoms. The molecule has 12 nitrogen and oxygen atoms in total.